The summed E-state index contributed by atoms with van der Waals surface area (Å²) in [5.41, 5.74) is 0. The maximum Gasteiger partial charge on any atom is 2.00 e. The zero-order valence-corrected chi connectivity index (χ0v) is 11.2. The van der Waals surface area contributed by atoms with Gasteiger partial charge in [0.15, 0.2) is 0 Å². The predicted octanol–water partition coefficient (Wildman–Crippen LogP) is 2.23. The van der Waals surface area contributed by atoms with Crippen LogP contribution in [0, 0.1) is 23.7 Å². The van der Waals surface area contributed by atoms with Crippen molar-refractivity contribution in [2.45, 2.75) is 12.8 Å². The molecule has 1 saturated carbocycles. The molecule has 1 heteroatoms. The Bertz CT molecular complexity index is 225. The second kappa shape index (κ2) is 3.08. The molecule has 2 bridgehead atoms. The van der Waals surface area contributed by atoms with Crippen LogP contribution >= 0.6 is 0 Å². The molecule has 0 aromatic carbocycles. The van der Waals surface area contributed by atoms with Gasteiger partial charge in [0.2, 0.25) is 0 Å². The Balaban J connectivity index is 0.000000480. The van der Waals surface area contributed by atoms with Crippen LogP contribution in [0.25, 0.3) is 0 Å². The van der Waals surface area contributed by atoms with Crippen molar-refractivity contribution in [3.8, 4) is 0 Å². The van der Waals surface area contributed by atoms with Crippen molar-refractivity contribution < 1.29 is 2.85 Å². The Morgan fingerprint density at radius 3 is 2.73 bits per heavy atom. The molecule has 0 spiro atoms. The largest absolute Gasteiger partial charge is 2.00 e. The van der Waals surface area contributed by atoms with Crippen LogP contribution in [0.1, 0.15) is 15.7 Å². The Labute approximate surface area is 111 Å². The monoisotopic (exact) mass is 272 g/mol. The first kappa shape index (κ1) is 8.64. The van der Waals surface area contributed by atoms with E-state index >= 15 is 0 Å². The van der Waals surface area contributed by atoms with Crippen LogP contribution in [0.5, 0.6) is 0 Å². The summed E-state index contributed by atoms with van der Waals surface area (Å²) in [4.78, 5) is 0. The minimum absolute atomic E-state index is 0. The number of fused-ring (bicyclic) bond motifs is 5. The summed E-state index contributed by atoms with van der Waals surface area (Å²) in [7, 11) is 0. The zero-order chi connectivity index (χ0) is 6.55. The fourth-order valence-corrected chi connectivity index (χ4v) is 2.97. The van der Waals surface area contributed by atoms with Gasteiger partial charge in [-0.05, 0) is 36.5 Å². The smallest absolute Gasteiger partial charge is 1.00 e. The summed E-state index contributed by atoms with van der Waals surface area (Å²) in [6.45, 7) is 0. The Morgan fingerprint density at radius 1 is 1.09 bits per heavy atom. The predicted molar refractivity (Wildman–Crippen MR) is 49.5 cm³/mol. The molecule has 0 heterocycles. The third-order valence-electron chi connectivity index (χ3n) is 3.46. The van der Waals surface area contributed by atoms with Crippen LogP contribution in [0.4, 0.5) is 0 Å². The van der Waals surface area contributed by atoms with E-state index in [4.69, 9.17) is 0 Å². The van der Waals surface area contributed by atoms with Gasteiger partial charge in [-0.1, -0.05) is 24.3 Å². The molecule has 56 valence electrons. The molecule has 4 unspecified atom stereocenters. The molecule has 0 aromatic heterocycles. The van der Waals surface area contributed by atoms with Crippen molar-refractivity contribution in [3.05, 3.63) is 24.3 Å². The molecule has 0 amide bonds. The summed E-state index contributed by atoms with van der Waals surface area (Å²) >= 11 is 0. The van der Waals surface area contributed by atoms with Crippen molar-refractivity contribution in [2.24, 2.45) is 23.7 Å². The van der Waals surface area contributed by atoms with Crippen LogP contribution < -0.4 is 0 Å². The van der Waals surface area contributed by atoms with Crippen LogP contribution in [0.3, 0.4) is 0 Å². The van der Waals surface area contributed by atoms with Gasteiger partial charge in [0.05, 0.1) is 0 Å². The first-order chi connectivity index (χ1) is 4.95. The number of hydrogen-bond acceptors (Lipinski definition) is 0. The Hall–Kier alpha value is 1.05. The molecule has 4 atom stereocenters. The average Bonchev–Trinajstić information content (AvgIpc) is 2.60. The van der Waals surface area contributed by atoms with E-state index in [1.165, 1.54) is 12.8 Å². The van der Waals surface area contributed by atoms with Gasteiger partial charge >= 0.3 is 48.9 Å². The normalized spacial score (nSPS) is 49.5. The molecular weight excluding hydrogens is 257 g/mol. The van der Waals surface area contributed by atoms with E-state index in [0.717, 1.165) is 23.7 Å². The van der Waals surface area contributed by atoms with E-state index in [2.05, 4.69) is 24.3 Å². The number of rotatable bonds is 0. The Kier molecular flexibility index (Phi) is 2.42. The standard InChI is InChI=1S/C10H12.Ba.2H/c1-2-9-7-4-5-8(6-7)10(9)3-1;;;/h1-2,4-5,7-10H,3,6H2;;;/q;+2;2*-1. The van der Waals surface area contributed by atoms with Crippen molar-refractivity contribution in [3.63, 3.8) is 0 Å². The molecular formula is C10H14Ba. The van der Waals surface area contributed by atoms with Crippen molar-refractivity contribution in [1.82, 2.24) is 0 Å². The van der Waals surface area contributed by atoms with Crippen molar-refractivity contribution >= 4 is 48.9 Å². The van der Waals surface area contributed by atoms with Crippen LogP contribution in [0.2, 0.25) is 0 Å². The molecule has 11 heavy (non-hydrogen) atoms. The fourth-order valence-electron chi connectivity index (χ4n) is 2.97. The molecule has 0 aliphatic heterocycles. The molecule has 3 rings (SSSR count). The molecule has 0 radical (unpaired) electrons. The van der Waals surface area contributed by atoms with E-state index in [1.54, 1.807) is 0 Å². The van der Waals surface area contributed by atoms with E-state index in [1.807, 2.05) is 0 Å². The summed E-state index contributed by atoms with van der Waals surface area (Å²) in [5, 5.41) is 0. The molecule has 0 saturated heterocycles. The van der Waals surface area contributed by atoms with E-state index in [0.29, 0.717) is 0 Å². The van der Waals surface area contributed by atoms with Gasteiger partial charge in [-0.2, -0.15) is 0 Å². The molecule has 0 N–H and O–H groups in total. The zero-order valence-electron chi connectivity index (χ0n) is 8.74. The quantitative estimate of drug-likeness (QED) is 0.468. The van der Waals surface area contributed by atoms with Crippen molar-refractivity contribution in [2.75, 3.05) is 0 Å². The SMILES string of the molecule is C1=CC2C3C=CC(C3)C2C1.[Ba+2].[H-].[H-]. The molecule has 3 aliphatic carbocycles. The first-order valence-electron chi connectivity index (χ1n) is 4.30. The van der Waals surface area contributed by atoms with Gasteiger partial charge in [-0.3, -0.25) is 0 Å². The second-order valence-corrected chi connectivity index (χ2v) is 3.85. The summed E-state index contributed by atoms with van der Waals surface area (Å²) in [6.07, 6.45) is 12.5. The molecule has 0 aromatic rings. The average molecular weight is 272 g/mol. The van der Waals surface area contributed by atoms with E-state index < -0.39 is 0 Å². The van der Waals surface area contributed by atoms with E-state index in [-0.39, 0.29) is 51.7 Å². The maximum atomic E-state index is 2.44. The third-order valence-corrected chi connectivity index (χ3v) is 3.46. The maximum absolute atomic E-state index is 2.44. The van der Waals surface area contributed by atoms with E-state index in [9.17, 15) is 0 Å². The minimum Gasteiger partial charge on any atom is -1.00 e. The van der Waals surface area contributed by atoms with Crippen LogP contribution in [-0.4, -0.2) is 48.9 Å². The van der Waals surface area contributed by atoms with Crippen LogP contribution in [-0.2, 0) is 0 Å². The summed E-state index contributed by atoms with van der Waals surface area (Å²) in [5.74, 6) is 3.82. The van der Waals surface area contributed by atoms with Gasteiger partial charge in [-0.25, -0.2) is 0 Å². The van der Waals surface area contributed by atoms with Gasteiger partial charge in [-0.15, -0.1) is 0 Å². The van der Waals surface area contributed by atoms with Gasteiger partial charge in [0, 0.05) is 0 Å². The summed E-state index contributed by atoms with van der Waals surface area (Å²) < 4.78 is 0. The second-order valence-electron chi connectivity index (χ2n) is 3.85. The van der Waals surface area contributed by atoms with Crippen molar-refractivity contribution in [1.29, 1.82) is 0 Å². The third kappa shape index (κ3) is 1.15. The summed E-state index contributed by atoms with van der Waals surface area (Å²) in [6, 6.07) is 0. The molecule has 1 fully saturated rings. The van der Waals surface area contributed by atoms with Crippen LogP contribution in [0.15, 0.2) is 24.3 Å². The molecule has 0 nitrogen and oxygen atoms in total. The first-order valence-corrected chi connectivity index (χ1v) is 4.30. The van der Waals surface area contributed by atoms with Gasteiger partial charge in [0.1, 0.15) is 0 Å². The fraction of sp³-hybridized carbons (Fsp3) is 0.600. The topological polar surface area (TPSA) is 0 Å². The number of hydrogen-bond donors (Lipinski definition) is 0. The number of allylic oxidation sites excluding steroid dienone is 4. The van der Waals surface area contributed by atoms with Gasteiger partial charge < -0.3 is 2.85 Å². The van der Waals surface area contributed by atoms with Gasteiger partial charge in [0.25, 0.3) is 0 Å². The molecule has 3 aliphatic rings. The minimum atomic E-state index is 0. The Morgan fingerprint density at radius 2 is 1.91 bits per heavy atom.